The molecule has 3 atom stereocenters. The van der Waals surface area contributed by atoms with Crippen molar-refractivity contribution in [2.45, 2.75) is 142 Å². The molecule has 0 amide bonds. The first kappa shape index (κ1) is 35.6. The van der Waals surface area contributed by atoms with Gasteiger partial charge in [-0.05, 0) is 82.4 Å². The summed E-state index contributed by atoms with van der Waals surface area (Å²) in [7, 11) is -4.71. The molecule has 1 unspecified atom stereocenters. The number of hydrogen-bond donors (Lipinski definition) is 1. The number of allylic oxidation sites excluding steroid dienone is 3. The number of phosphoric acid groups is 1. The largest absolute Gasteiger partial charge is 0.756 e. The summed E-state index contributed by atoms with van der Waals surface area (Å²) in [6.07, 6.45) is 16.8. The number of phenols is 1. The summed E-state index contributed by atoms with van der Waals surface area (Å²) in [6, 6.07) is 3.59. The predicted molar refractivity (Wildman–Crippen MR) is 170 cm³/mol. The SMILES string of the molecule is C=C(C)[C@@H]1CCC(C)=C[C@H]1c1c(O)cc(CCCCC)cc1OC(=O)C1(OP(=O)([O-])OCCCCCCCCCC)CC1. The van der Waals surface area contributed by atoms with Gasteiger partial charge in [-0.3, -0.25) is 9.09 Å². The fourth-order valence-electron chi connectivity index (χ4n) is 6.01. The van der Waals surface area contributed by atoms with Crippen molar-refractivity contribution >= 4 is 13.8 Å². The summed E-state index contributed by atoms with van der Waals surface area (Å²) >= 11 is 0. The number of phosphoric ester groups is 1. The Morgan fingerprint density at radius 3 is 2.30 bits per heavy atom. The van der Waals surface area contributed by atoms with Crippen molar-refractivity contribution in [3.8, 4) is 11.5 Å². The maximum Gasteiger partial charge on any atom is 0.344 e. The van der Waals surface area contributed by atoms with Gasteiger partial charge < -0.3 is 19.3 Å². The first-order valence-electron chi connectivity index (χ1n) is 16.6. The van der Waals surface area contributed by atoms with Crippen LogP contribution in [0.3, 0.4) is 0 Å². The van der Waals surface area contributed by atoms with Crippen LogP contribution in [-0.2, 0) is 24.8 Å². The molecular weight excluding hydrogens is 563 g/mol. The van der Waals surface area contributed by atoms with Crippen LogP contribution in [0.4, 0.5) is 0 Å². The van der Waals surface area contributed by atoms with Crippen LogP contribution in [0, 0.1) is 5.92 Å². The Kier molecular flexibility index (Phi) is 14.0. The van der Waals surface area contributed by atoms with Crippen LogP contribution in [0.15, 0.2) is 35.9 Å². The first-order valence-corrected chi connectivity index (χ1v) is 18.0. The first-order chi connectivity index (χ1) is 20.5. The Labute approximate surface area is 259 Å². The van der Waals surface area contributed by atoms with Crippen LogP contribution in [0.5, 0.6) is 11.5 Å². The second kappa shape index (κ2) is 17.0. The molecule has 2 aliphatic rings. The highest BCUT2D eigenvalue weighted by Gasteiger charge is 2.56. The van der Waals surface area contributed by atoms with Gasteiger partial charge in [-0.15, -0.1) is 0 Å². The van der Waals surface area contributed by atoms with Crippen LogP contribution < -0.4 is 9.63 Å². The van der Waals surface area contributed by atoms with Gasteiger partial charge >= 0.3 is 5.97 Å². The number of carbonyl (C=O) groups is 1. The van der Waals surface area contributed by atoms with Crippen molar-refractivity contribution in [1.82, 2.24) is 0 Å². The average molecular weight is 618 g/mol. The van der Waals surface area contributed by atoms with Crippen LogP contribution in [0.1, 0.15) is 141 Å². The van der Waals surface area contributed by atoms with E-state index in [1.54, 1.807) is 6.07 Å². The molecule has 0 saturated heterocycles. The fraction of sp³-hybridized carbons (Fsp3) is 0.686. The van der Waals surface area contributed by atoms with Gasteiger partial charge in [-0.25, -0.2) is 4.79 Å². The van der Waals surface area contributed by atoms with Gasteiger partial charge in [0.15, 0.2) is 5.60 Å². The van der Waals surface area contributed by atoms with E-state index in [0.717, 1.165) is 68.9 Å². The molecule has 242 valence electrons. The molecule has 1 fully saturated rings. The van der Waals surface area contributed by atoms with Gasteiger partial charge in [-0.1, -0.05) is 95.4 Å². The van der Waals surface area contributed by atoms with Crippen LogP contribution in [0.2, 0.25) is 0 Å². The zero-order chi connectivity index (χ0) is 31.5. The Hall–Kier alpha value is -1.92. The third-order valence-electron chi connectivity index (χ3n) is 8.78. The second-order valence-corrected chi connectivity index (χ2v) is 14.1. The smallest absolute Gasteiger partial charge is 0.344 e. The molecule has 1 aromatic carbocycles. The number of esters is 1. The monoisotopic (exact) mass is 617 g/mol. The van der Waals surface area contributed by atoms with E-state index < -0.39 is 19.4 Å². The highest BCUT2D eigenvalue weighted by Crippen LogP contribution is 2.54. The number of aryl methyl sites for hydroxylation is 1. The zero-order valence-corrected chi connectivity index (χ0v) is 27.9. The van der Waals surface area contributed by atoms with Crippen molar-refractivity contribution in [3.63, 3.8) is 0 Å². The number of unbranched alkanes of at least 4 members (excludes halogenated alkanes) is 9. The van der Waals surface area contributed by atoms with Crippen LogP contribution in [0.25, 0.3) is 0 Å². The van der Waals surface area contributed by atoms with E-state index in [4.69, 9.17) is 13.8 Å². The number of hydrogen-bond acceptors (Lipinski definition) is 7. The van der Waals surface area contributed by atoms with Crippen molar-refractivity contribution in [2.75, 3.05) is 6.61 Å². The van der Waals surface area contributed by atoms with E-state index in [9.17, 15) is 19.4 Å². The third-order valence-corrected chi connectivity index (χ3v) is 9.85. The molecule has 1 saturated carbocycles. The standard InChI is InChI=1S/C35H55O7P/c1-6-8-10-11-12-13-14-16-22-40-43(38,39)42-35(20-21-35)34(37)41-32-25-28(17-15-9-7-2)24-31(36)33(32)30-23-27(5)18-19-29(30)26(3)4/h23-25,29-30,36H,3,6-22H2,1-2,4-5H3,(H,38,39)/p-1/t29-,30+/m0/s1. The van der Waals surface area contributed by atoms with Gasteiger partial charge in [0.05, 0.1) is 6.61 Å². The highest BCUT2D eigenvalue weighted by molar-refractivity contribution is 7.46. The van der Waals surface area contributed by atoms with E-state index in [1.165, 1.54) is 31.3 Å². The quantitative estimate of drug-likeness (QED) is 0.0511. The average Bonchev–Trinajstić information content (AvgIpc) is 3.72. The molecule has 8 heteroatoms. The lowest BCUT2D eigenvalue weighted by atomic mass is 9.73. The molecule has 0 radical (unpaired) electrons. The Morgan fingerprint density at radius 1 is 1.05 bits per heavy atom. The molecule has 43 heavy (non-hydrogen) atoms. The molecular formula is C35H54O7P-. The van der Waals surface area contributed by atoms with Crippen molar-refractivity contribution in [3.05, 3.63) is 47.1 Å². The molecule has 0 heterocycles. The molecule has 0 bridgehead atoms. The maximum absolute atomic E-state index is 13.5. The summed E-state index contributed by atoms with van der Waals surface area (Å²) in [4.78, 5) is 26.2. The predicted octanol–water partition coefficient (Wildman–Crippen LogP) is 9.22. The van der Waals surface area contributed by atoms with E-state index in [2.05, 4.69) is 33.4 Å². The number of ether oxygens (including phenoxy) is 1. The fourth-order valence-corrected chi connectivity index (χ4v) is 7.10. The minimum Gasteiger partial charge on any atom is -0.756 e. The molecule has 7 nitrogen and oxygen atoms in total. The van der Waals surface area contributed by atoms with E-state index >= 15 is 0 Å². The molecule has 1 aromatic rings. The van der Waals surface area contributed by atoms with Gasteiger partial charge in [-0.2, -0.15) is 0 Å². The highest BCUT2D eigenvalue weighted by atomic mass is 31.2. The van der Waals surface area contributed by atoms with Crippen molar-refractivity contribution in [1.29, 1.82) is 0 Å². The van der Waals surface area contributed by atoms with E-state index in [-0.39, 0.29) is 42.8 Å². The number of carbonyl (C=O) groups excluding carboxylic acids is 1. The summed E-state index contributed by atoms with van der Waals surface area (Å²) in [6.45, 7) is 12.6. The topological polar surface area (TPSA) is 105 Å². The van der Waals surface area contributed by atoms with Gasteiger partial charge in [0, 0.05) is 11.5 Å². The lowest BCUT2D eigenvalue weighted by Crippen LogP contribution is -2.32. The third kappa shape index (κ3) is 10.9. The van der Waals surface area contributed by atoms with E-state index in [1.807, 2.05) is 13.0 Å². The molecule has 2 aliphatic carbocycles. The maximum atomic E-state index is 13.5. The van der Waals surface area contributed by atoms with Gasteiger partial charge in [0.25, 0.3) is 7.82 Å². The summed E-state index contributed by atoms with van der Waals surface area (Å²) in [5, 5.41) is 11.3. The molecule has 0 aliphatic heterocycles. The number of rotatable bonds is 20. The summed E-state index contributed by atoms with van der Waals surface area (Å²) in [5.41, 5.74) is 2.02. The lowest BCUT2D eigenvalue weighted by molar-refractivity contribution is -0.232. The van der Waals surface area contributed by atoms with Crippen molar-refractivity contribution < 1.29 is 33.1 Å². The number of aromatic hydroxyl groups is 1. The van der Waals surface area contributed by atoms with Crippen molar-refractivity contribution in [2.24, 2.45) is 5.92 Å². The minimum atomic E-state index is -4.71. The molecule has 0 spiro atoms. The molecule has 0 aromatic heterocycles. The van der Waals surface area contributed by atoms with Gasteiger partial charge in [0.2, 0.25) is 0 Å². The second-order valence-electron chi connectivity index (χ2n) is 12.7. The van der Waals surface area contributed by atoms with Crippen LogP contribution >= 0.6 is 7.82 Å². The summed E-state index contributed by atoms with van der Waals surface area (Å²) < 4.78 is 29.1. The number of phenolic OH excluding ortho intramolecular Hbond substituents is 1. The Balaban J connectivity index is 1.71. The van der Waals surface area contributed by atoms with Crippen LogP contribution in [-0.4, -0.2) is 23.3 Å². The molecule has 1 N–H and O–H groups in total. The normalized spacial score (nSPS) is 20.7. The minimum absolute atomic E-state index is 0.0361. The zero-order valence-electron chi connectivity index (χ0n) is 27.0. The lowest BCUT2D eigenvalue weighted by Gasteiger charge is -2.32. The Morgan fingerprint density at radius 2 is 1.67 bits per heavy atom. The van der Waals surface area contributed by atoms with E-state index in [0.29, 0.717) is 12.0 Å². The Bertz CT molecular complexity index is 1150. The summed E-state index contributed by atoms with van der Waals surface area (Å²) in [5.74, 6) is -0.567. The number of benzene rings is 1. The molecule has 3 rings (SSSR count). The van der Waals surface area contributed by atoms with Gasteiger partial charge in [0.1, 0.15) is 11.5 Å².